The normalized spacial score (nSPS) is 11.7. The fourth-order valence-electron chi connectivity index (χ4n) is 2.02. The van der Waals surface area contributed by atoms with E-state index in [9.17, 15) is 0 Å². The van der Waals surface area contributed by atoms with Gasteiger partial charge in [-0.2, -0.15) is 0 Å². The van der Waals surface area contributed by atoms with Gasteiger partial charge in [0.15, 0.2) is 0 Å². The summed E-state index contributed by atoms with van der Waals surface area (Å²) in [6, 6.07) is 6.34. The molecule has 114 valence electrons. The van der Waals surface area contributed by atoms with E-state index in [1.54, 1.807) is 11.3 Å². The highest BCUT2D eigenvalue weighted by Gasteiger charge is 2.18. The van der Waals surface area contributed by atoms with Crippen LogP contribution in [0.4, 0.5) is 5.82 Å². The molecule has 0 bridgehead atoms. The minimum absolute atomic E-state index is 0.0206. The first-order chi connectivity index (χ1) is 9.79. The maximum Gasteiger partial charge on any atom is 0.129 e. The third-order valence-electron chi connectivity index (χ3n) is 3.28. The van der Waals surface area contributed by atoms with Crippen molar-refractivity contribution in [2.45, 2.75) is 39.3 Å². The van der Waals surface area contributed by atoms with Crippen molar-refractivity contribution in [1.82, 2.24) is 4.98 Å². The SMILES string of the molecule is CN(Cc1cc(Br)cs1)c1cc(CN)cc(C(C)(C)C)n1. The summed E-state index contributed by atoms with van der Waals surface area (Å²) in [7, 11) is 2.07. The summed E-state index contributed by atoms with van der Waals surface area (Å²) < 4.78 is 1.13. The van der Waals surface area contributed by atoms with Gasteiger partial charge in [-0.25, -0.2) is 4.98 Å². The van der Waals surface area contributed by atoms with E-state index in [0.717, 1.165) is 28.1 Å². The van der Waals surface area contributed by atoms with Crippen LogP contribution in [0, 0.1) is 0 Å². The molecule has 0 atom stereocenters. The van der Waals surface area contributed by atoms with Gasteiger partial charge >= 0.3 is 0 Å². The van der Waals surface area contributed by atoms with Crippen molar-refractivity contribution in [3.8, 4) is 0 Å². The molecule has 21 heavy (non-hydrogen) atoms. The van der Waals surface area contributed by atoms with Crippen molar-refractivity contribution < 1.29 is 0 Å². The second kappa shape index (κ2) is 6.46. The van der Waals surface area contributed by atoms with E-state index in [-0.39, 0.29) is 5.41 Å². The van der Waals surface area contributed by atoms with Crippen LogP contribution in [0.3, 0.4) is 0 Å². The predicted octanol–water partition coefficient (Wildman–Crippen LogP) is 4.30. The molecule has 2 aromatic rings. The van der Waals surface area contributed by atoms with Crippen LogP contribution in [0.25, 0.3) is 0 Å². The number of anilines is 1. The molecule has 2 N–H and O–H groups in total. The molecule has 2 heterocycles. The van der Waals surface area contributed by atoms with Gasteiger partial charge in [0.1, 0.15) is 5.82 Å². The second-order valence-corrected chi connectivity index (χ2v) is 8.17. The van der Waals surface area contributed by atoms with Crippen molar-refractivity contribution in [2.75, 3.05) is 11.9 Å². The fraction of sp³-hybridized carbons (Fsp3) is 0.438. The van der Waals surface area contributed by atoms with Crippen molar-refractivity contribution in [3.05, 3.63) is 44.2 Å². The second-order valence-electron chi connectivity index (χ2n) is 6.26. The highest BCUT2D eigenvalue weighted by molar-refractivity contribution is 9.10. The standard InChI is InChI=1S/C16H22BrN3S/c1-16(2,3)14-5-11(8-18)6-15(19-14)20(4)9-13-7-12(17)10-21-13/h5-7,10H,8-9,18H2,1-4H3. The molecule has 0 aliphatic rings. The molecule has 2 rings (SSSR count). The largest absolute Gasteiger partial charge is 0.355 e. The van der Waals surface area contributed by atoms with Crippen LogP contribution in [0.5, 0.6) is 0 Å². The molecule has 0 aliphatic heterocycles. The van der Waals surface area contributed by atoms with E-state index in [4.69, 9.17) is 10.7 Å². The van der Waals surface area contributed by atoms with Crippen LogP contribution >= 0.6 is 27.3 Å². The summed E-state index contributed by atoms with van der Waals surface area (Å²) in [6.45, 7) is 7.92. The van der Waals surface area contributed by atoms with E-state index in [0.29, 0.717) is 6.54 Å². The van der Waals surface area contributed by atoms with Crippen LogP contribution in [-0.2, 0) is 18.5 Å². The topological polar surface area (TPSA) is 42.1 Å². The van der Waals surface area contributed by atoms with Gasteiger partial charge in [0.05, 0.1) is 6.54 Å². The van der Waals surface area contributed by atoms with Gasteiger partial charge in [0.25, 0.3) is 0 Å². The Hall–Kier alpha value is -0.910. The number of thiophene rings is 1. The van der Waals surface area contributed by atoms with Crippen molar-refractivity contribution in [1.29, 1.82) is 0 Å². The number of hydrogen-bond donors (Lipinski definition) is 1. The summed E-state index contributed by atoms with van der Waals surface area (Å²) in [6.07, 6.45) is 0. The third kappa shape index (κ3) is 4.28. The highest BCUT2D eigenvalue weighted by atomic mass is 79.9. The van der Waals surface area contributed by atoms with Gasteiger partial charge in [-0.05, 0) is 39.7 Å². The first kappa shape index (κ1) is 16.5. The average molecular weight is 368 g/mol. The van der Waals surface area contributed by atoms with Crippen LogP contribution < -0.4 is 10.6 Å². The average Bonchev–Trinajstić information content (AvgIpc) is 2.82. The first-order valence-electron chi connectivity index (χ1n) is 6.95. The molecule has 0 fully saturated rings. The molecule has 0 amide bonds. The van der Waals surface area contributed by atoms with Gasteiger partial charge in [0.2, 0.25) is 0 Å². The highest BCUT2D eigenvalue weighted by Crippen LogP contribution is 2.26. The van der Waals surface area contributed by atoms with Crippen LogP contribution in [-0.4, -0.2) is 12.0 Å². The van der Waals surface area contributed by atoms with E-state index in [1.165, 1.54) is 4.88 Å². The lowest BCUT2D eigenvalue weighted by Gasteiger charge is -2.23. The maximum absolute atomic E-state index is 5.84. The first-order valence-corrected chi connectivity index (χ1v) is 8.62. The summed E-state index contributed by atoms with van der Waals surface area (Å²) in [5.74, 6) is 0.979. The number of halogens is 1. The number of nitrogens with zero attached hydrogens (tertiary/aromatic N) is 2. The Morgan fingerprint density at radius 3 is 2.52 bits per heavy atom. The molecule has 0 aromatic carbocycles. The zero-order valence-electron chi connectivity index (χ0n) is 13.0. The molecule has 5 heteroatoms. The summed E-state index contributed by atoms with van der Waals surface area (Å²) in [4.78, 5) is 8.30. The molecular formula is C16H22BrN3S. The van der Waals surface area contributed by atoms with Crippen LogP contribution in [0.2, 0.25) is 0 Å². The number of pyridine rings is 1. The quantitative estimate of drug-likeness (QED) is 0.875. The lowest BCUT2D eigenvalue weighted by Crippen LogP contribution is -2.21. The van der Waals surface area contributed by atoms with Crippen molar-refractivity contribution in [3.63, 3.8) is 0 Å². The summed E-state index contributed by atoms with van der Waals surface area (Å²) in [5.41, 5.74) is 8.07. The Morgan fingerprint density at radius 1 is 1.29 bits per heavy atom. The Labute approximate surface area is 139 Å². The third-order valence-corrected chi connectivity index (χ3v) is 4.96. The predicted molar refractivity (Wildman–Crippen MR) is 95.0 cm³/mol. The van der Waals surface area contributed by atoms with E-state index in [2.05, 4.69) is 72.2 Å². The van der Waals surface area contributed by atoms with Crippen molar-refractivity contribution in [2.24, 2.45) is 5.73 Å². The zero-order valence-corrected chi connectivity index (χ0v) is 15.4. The summed E-state index contributed by atoms with van der Waals surface area (Å²) >= 11 is 5.25. The van der Waals surface area contributed by atoms with Crippen LogP contribution in [0.1, 0.15) is 36.9 Å². The smallest absolute Gasteiger partial charge is 0.129 e. The molecular weight excluding hydrogens is 346 g/mol. The zero-order chi connectivity index (χ0) is 15.6. The lowest BCUT2D eigenvalue weighted by atomic mass is 9.90. The number of nitrogens with two attached hydrogens (primary N) is 1. The van der Waals surface area contributed by atoms with Gasteiger partial charge in [0, 0.05) is 39.4 Å². The number of rotatable bonds is 4. The Bertz CT molecular complexity index is 616. The monoisotopic (exact) mass is 367 g/mol. The maximum atomic E-state index is 5.84. The van der Waals surface area contributed by atoms with Gasteiger partial charge in [-0.1, -0.05) is 20.8 Å². The van der Waals surface area contributed by atoms with Gasteiger partial charge in [-0.3, -0.25) is 0 Å². The number of hydrogen-bond acceptors (Lipinski definition) is 4. The minimum Gasteiger partial charge on any atom is -0.355 e. The summed E-state index contributed by atoms with van der Waals surface area (Å²) in [5, 5.41) is 2.10. The molecule has 2 aromatic heterocycles. The minimum atomic E-state index is 0.0206. The molecule has 3 nitrogen and oxygen atoms in total. The van der Waals surface area contributed by atoms with E-state index in [1.807, 2.05) is 0 Å². The Kier molecular flexibility index (Phi) is 5.07. The van der Waals surface area contributed by atoms with E-state index >= 15 is 0 Å². The van der Waals surface area contributed by atoms with Crippen LogP contribution in [0.15, 0.2) is 28.1 Å². The molecule has 0 saturated carbocycles. The molecule has 0 spiro atoms. The molecule has 0 saturated heterocycles. The molecule has 0 aliphatic carbocycles. The van der Waals surface area contributed by atoms with E-state index < -0.39 is 0 Å². The van der Waals surface area contributed by atoms with Gasteiger partial charge in [-0.15, -0.1) is 11.3 Å². The molecule has 0 radical (unpaired) electrons. The molecule has 0 unspecified atom stereocenters. The van der Waals surface area contributed by atoms with Gasteiger partial charge < -0.3 is 10.6 Å². The Balaban J connectivity index is 2.29. The lowest BCUT2D eigenvalue weighted by molar-refractivity contribution is 0.567. The fourth-order valence-corrected chi connectivity index (χ4v) is 3.52. The van der Waals surface area contributed by atoms with Crippen molar-refractivity contribution >= 4 is 33.1 Å². The Morgan fingerprint density at radius 2 is 2.00 bits per heavy atom. The number of aromatic nitrogens is 1.